The first-order valence-electron chi connectivity index (χ1n) is 9.37. The van der Waals surface area contributed by atoms with Gasteiger partial charge in [-0.25, -0.2) is 4.98 Å². The van der Waals surface area contributed by atoms with Gasteiger partial charge in [0, 0.05) is 38.0 Å². The van der Waals surface area contributed by atoms with Gasteiger partial charge in [0.1, 0.15) is 18.1 Å². The SMILES string of the molecule is COCCn1c(CO)nnc1C1CC(NC(=O)c2ccc3nc(C)cn3c2)C1. The van der Waals surface area contributed by atoms with E-state index in [2.05, 4.69) is 20.5 Å². The Labute approximate surface area is 162 Å². The van der Waals surface area contributed by atoms with Crippen molar-refractivity contribution in [1.29, 1.82) is 0 Å². The Morgan fingerprint density at radius 1 is 1.32 bits per heavy atom. The minimum Gasteiger partial charge on any atom is -0.388 e. The lowest BCUT2D eigenvalue weighted by molar-refractivity contribution is 0.0906. The molecule has 3 heterocycles. The lowest BCUT2D eigenvalue weighted by atomic mass is 9.79. The fourth-order valence-corrected chi connectivity index (χ4v) is 3.66. The molecule has 4 rings (SSSR count). The van der Waals surface area contributed by atoms with E-state index in [1.54, 1.807) is 19.4 Å². The van der Waals surface area contributed by atoms with Crippen molar-refractivity contribution >= 4 is 11.6 Å². The summed E-state index contributed by atoms with van der Waals surface area (Å²) >= 11 is 0. The predicted molar refractivity (Wildman–Crippen MR) is 101 cm³/mol. The van der Waals surface area contributed by atoms with Gasteiger partial charge in [0.05, 0.1) is 17.9 Å². The molecular formula is C19H24N6O3. The normalized spacial score (nSPS) is 19.0. The van der Waals surface area contributed by atoms with Gasteiger partial charge in [-0.1, -0.05) is 0 Å². The first-order chi connectivity index (χ1) is 13.6. The molecule has 0 aliphatic heterocycles. The fourth-order valence-electron chi connectivity index (χ4n) is 3.66. The molecule has 1 aliphatic rings. The maximum absolute atomic E-state index is 12.6. The third-order valence-corrected chi connectivity index (χ3v) is 5.19. The number of fused-ring (bicyclic) bond motifs is 1. The summed E-state index contributed by atoms with van der Waals surface area (Å²) in [6.45, 7) is 2.91. The number of aryl methyl sites for hydroxylation is 1. The highest BCUT2D eigenvalue weighted by Crippen LogP contribution is 2.36. The summed E-state index contributed by atoms with van der Waals surface area (Å²) in [7, 11) is 1.64. The number of nitrogens with one attached hydrogen (secondary N) is 1. The average Bonchev–Trinajstić information content (AvgIpc) is 3.23. The summed E-state index contributed by atoms with van der Waals surface area (Å²) in [5.41, 5.74) is 2.35. The molecule has 0 aromatic carbocycles. The monoisotopic (exact) mass is 384 g/mol. The van der Waals surface area contributed by atoms with E-state index in [9.17, 15) is 9.90 Å². The Kier molecular flexibility index (Phi) is 5.10. The summed E-state index contributed by atoms with van der Waals surface area (Å²) in [5, 5.41) is 20.8. The van der Waals surface area contributed by atoms with E-state index in [0.29, 0.717) is 24.5 Å². The molecule has 28 heavy (non-hydrogen) atoms. The highest BCUT2D eigenvalue weighted by atomic mass is 16.5. The van der Waals surface area contributed by atoms with E-state index in [-0.39, 0.29) is 24.5 Å². The first kappa shape index (κ1) is 18.6. The largest absolute Gasteiger partial charge is 0.388 e. The van der Waals surface area contributed by atoms with Crippen LogP contribution >= 0.6 is 0 Å². The Balaban J connectivity index is 1.38. The lowest BCUT2D eigenvalue weighted by Gasteiger charge is -2.35. The van der Waals surface area contributed by atoms with Crippen LogP contribution in [0.4, 0.5) is 0 Å². The number of nitrogens with zero attached hydrogens (tertiary/aromatic N) is 5. The highest BCUT2D eigenvalue weighted by Gasteiger charge is 2.35. The van der Waals surface area contributed by atoms with Gasteiger partial charge in [0.15, 0.2) is 5.82 Å². The Bertz CT molecular complexity index is 989. The van der Waals surface area contributed by atoms with E-state index in [4.69, 9.17) is 4.74 Å². The number of hydrogen-bond donors (Lipinski definition) is 2. The Hall–Kier alpha value is -2.78. The number of pyridine rings is 1. The molecule has 0 unspecified atom stereocenters. The average molecular weight is 384 g/mol. The van der Waals surface area contributed by atoms with Gasteiger partial charge in [-0.2, -0.15) is 0 Å². The zero-order chi connectivity index (χ0) is 19.7. The number of aliphatic hydroxyl groups is 1. The molecule has 2 N–H and O–H groups in total. The zero-order valence-corrected chi connectivity index (χ0v) is 16.0. The lowest BCUT2D eigenvalue weighted by Crippen LogP contribution is -2.44. The number of carbonyl (C=O) groups is 1. The molecule has 9 nitrogen and oxygen atoms in total. The molecule has 1 amide bonds. The van der Waals surface area contributed by atoms with Crippen LogP contribution in [0.15, 0.2) is 24.5 Å². The number of ether oxygens (including phenoxy) is 1. The van der Waals surface area contributed by atoms with E-state index in [1.165, 1.54) is 0 Å². The van der Waals surface area contributed by atoms with Crippen LogP contribution in [0.3, 0.4) is 0 Å². The summed E-state index contributed by atoms with van der Waals surface area (Å²) in [5.74, 6) is 1.52. The number of carbonyl (C=O) groups excluding carboxylic acids is 1. The minimum absolute atomic E-state index is 0.0893. The fraction of sp³-hybridized carbons (Fsp3) is 0.474. The molecule has 3 aromatic heterocycles. The smallest absolute Gasteiger partial charge is 0.252 e. The number of aliphatic hydroxyl groups excluding tert-OH is 1. The summed E-state index contributed by atoms with van der Waals surface area (Å²) < 4.78 is 8.92. The standard InChI is InChI=1S/C19H24N6O3/c1-12-9-24-10-13(3-4-16(24)20-12)19(27)21-15-7-14(8-15)18-23-22-17(11-26)25(18)5-6-28-2/h3-4,9-10,14-15,26H,5-8,11H2,1-2H3,(H,21,27). The van der Waals surface area contributed by atoms with Crippen LogP contribution in [0, 0.1) is 6.92 Å². The number of hydrogen-bond acceptors (Lipinski definition) is 6. The summed E-state index contributed by atoms with van der Waals surface area (Å²) in [6.07, 6.45) is 5.30. The molecule has 1 fully saturated rings. The summed E-state index contributed by atoms with van der Waals surface area (Å²) in [4.78, 5) is 16.9. The molecule has 3 aromatic rings. The maximum atomic E-state index is 12.6. The van der Waals surface area contributed by atoms with Gasteiger partial charge in [-0.05, 0) is 31.9 Å². The van der Waals surface area contributed by atoms with Gasteiger partial charge in [0.25, 0.3) is 5.91 Å². The van der Waals surface area contributed by atoms with Crippen molar-refractivity contribution < 1.29 is 14.6 Å². The molecule has 1 saturated carbocycles. The number of methoxy groups -OCH3 is 1. The van der Waals surface area contributed by atoms with Gasteiger partial charge in [-0.15, -0.1) is 10.2 Å². The number of imidazole rings is 1. The predicted octanol–water partition coefficient (Wildman–Crippen LogP) is 1.05. The van der Waals surface area contributed by atoms with Crippen LogP contribution in [0.2, 0.25) is 0 Å². The molecule has 0 bridgehead atoms. The van der Waals surface area contributed by atoms with E-state index in [0.717, 1.165) is 30.0 Å². The molecule has 9 heteroatoms. The van der Waals surface area contributed by atoms with Crippen LogP contribution in [-0.2, 0) is 17.9 Å². The van der Waals surface area contributed by atoms with E-state index >= 15 is 0 Å². The zero-order valence-electron chi connectivity index (χ0n) is 16.0. The van der Waals surface area contributed by atoms with Crippen molar-refractivity contribution in [3.63, 3.8) is 0 Å². The van der Waals surface area contributed by atoms with Crippen molar-refractivity contribution in [2.24, 2.45) is 0 Å². The topological polar surface area (TPSA) is 107 Å². The van der Waals surface area contributed by atoms with E-state index < -0.39 is 0 Å². The second-order valence-corrected chi connectivity index (χ2v) is 7.18. The van der Waals surface area contributed by atoms with Crippen LogP contribution < -0.4 is 5.32 Å². The Morgan fingerprint density at radius 3 is 2.89 bits per heavy atom. The van der Waals surface area contributed by atoms with Crippen molar-refractivity contribution in [1.82, 2.24) is 29.5 Å². The quantitative estimate of drug-likeness (QED) is 0.631. The van der Waals surface area contributed by atoms with Crippen LogP contribution in [0.25, 0.3) is 5.65 Å². The second kappa shape index (κ2) is 7.69. The van der Waals surface area contributed by atoms with Crippen LogP contribution in [0.5, 0.6) is 0 Å². The number of amides is 1. The van der Waals surface area contributed by atoms with Crippen LogP contribution in [-0.4, -0.2) is 54.9 Å². The molecule has 148 valence electrons. The number of rotatable bonds is 7. The van der Waals surface area contributed by atoms with Gasteiger partial charge in [-0.3, -0.25) is 4.79 Å². The third kappa shape index (κ3) is 3.50. The third-order valence-electron chi connectivity index (χ3n) is 5.19. The van der Waals surface area contributed by atoms with Gasteiger partial charge in [0.2, 0.25) is 0 Å². The van der Waals surface area contributed by atoms with Crippen LogP contribution in [0.1, 0.15) is 46.5 Å². The molecule has 0 spiro atoms. The van der Waals surface area contributed by atoms with Crippen molar-refractivity contribution in [3.05, 3.63) is 47.4 Å². The minimum atomic E-state index is -0.153. The molecule has 1 aliphatic carbocycles. The molecule has 0 radical (unpaired) electrons. The molecule has 0 atom stereocenters. The Morgan fingerprint density at radius 2 is 2.14 bits per heavy atom. The van der Waals surface area contributed by atoms with Gasteiger partial charge < -0.3 is 24.1 Å². The van der Waals surface area contributed by atoms with Crippen molar-refractivity contribution in [2.45, 2.75) is 44.9 Å². The molecule has 0 saturated heterocycles. The summed E-state index contributed by atoms with van der Waals surface area (Å²) in [6, 6.07) is 3.74. The first-order valence-corrected chi connectivity index (χ1v) is 9.37. The van der Waals surface area contributed by atoms with E-state index in [1.807, 2.05) is 28.2 Å². The van der Waals surface area contributed by atoms with Gasteiger partial charge >= 0.3 is 0 Å². The second-order valence-electron chi connectivity index (χ2n) is 7.18. The maximum Gasteiger partial charge on any atom is 0.252 e. The highest BCUT2D eigenvalue weighted by molar-refractivity contribution is 5.94. The van der Waals surface area contributed by atoms with Crippen molar-refractivity contribution in [2.75, 3.05) is 13.7 Å². The number of aromatic nitrogens is 5. The van der Waals surface area contributed by atoms with Crippen molar-refractivity contribution in [3.8, 4) is 0 Å². The molecular weight excluding hydrogens is 360 g/mol.